The van der Waals surface area contributed by atoms with Gasteiger partial charge < -0.3 is 0 Å². The summed E-state index contributed by atoms with van der Waals surface area (Å²) in [6.07, 6.45) is 8.38. The summed E-state index contributed by atoms with van der Waals surface area (Å²) in [5, 5.41) is 4.27. The maximum atomic E-state index is 4.27. The van der Waals surface area contributed by atoms with Crippen LogP contribution in [0.5, 0.6) is 0 Å². The van der Waals surface area contributed by atoms with Crippen LogP contribution in [0, 0.1) is 0 Å². The summed E-state index contributed by atoms with van der Waals surface area (Å²) >= 11 is 0. The molecule has 0 aromatic carbocycles. The Bertz CT molecular complexity index is 237. The van der Waals surface area contributed by atoms with Gasteiger partial charge in [-0.25, -0.2) is 0 Å². The molecule has 1 aromatic rings. The van der Waals surface area contributed by atoms with E-state index in [9.17, 15) is 0 Å². The van der Waals surface area contributed by atoms with Crippen molar-refractivity contribution in [3.63, 3.8) is 0 Å². The number of aromatic nitrogens is 2. The van der Waals surface area contributed by atoms with Crippen LogP contribution in [0.2, 0.25) is 0 Å². The average molecular weight is 179 g/mol. The molecule has 0 bridgehead atoms. The minimum atomic E-state index is 0.426. The summed E-state index contributed by atoms with van der Waals surface area (Å²) in [6.45, 7) is 4.67. The fourth-order valence-corrected chi connectivity index (χ4v) is 1.96. The van der Waals surface area contributed by atoms with Gasteiger partial charge in [0.15, 0.2) is 0 Å². The summed E-state index contributed by atoms with van der Waals surface area (Å²) in [5.41, 5.74) is 0. The standard InChI is InChI=1S/C10H17N3/c1-10(13-9-5-6-11-13)12-7-3-2-4-8-12/h5-6,9-10H,2-4,7-8H2,1H3. The van der Waals surface area contributed by atoms with E-state index < -0.39 is 0 Å². The largest absolute Gasteiger partial charge is 0.282 e. The lowest BCUT2D eigenvalue weighted by Gasteiger charge is -2.32. The zero-order valence-corrected chi connectivity index (χ0v) is 8.19. The van der Waals surface area contributed by atoms with Crippen molar-refractivity contribution < 1.29 is 0 Å². The summed E-state index contributed by atoms with van der Waals surface area (Å²) in [4.78, 5) is 2.50. The Morgan fingerprint density at radius 1 is 1.23 bits per heavy atom. The molecule has 13 heavy (non-hydrogen) atoms. The molecular weight excluding hydrogens is 162 g/mol. The van der Waals surface area contributed by atoms with Crippen molar-refractivity contribution in [1.29, 1.82) is 0 Å². The average Bonchev–Trinajstić information content (AvgIpc) is 2.71. The van der Waals surface area contributed by atoms with Crippen LogP contribution < -0.4 is 0 Å². The molecule has 1 atom stereocenters. The number of likely N-dealkylation sites (tertiary alicyclic amines) is 1. The normalized spacial score (nSPS) is 21.6. The first-order valence-electron chi connectivity index (χ1n) is 5.11. The molecule has 1 unspecified atom stereocenters. The minimum absolute atomic E-state index is 0.426. The highest BCUT2D eigenvalue weighted by atomic mass is 15.4. The van der Waals surface area contributed by atoms with Gasteiger partial charge in [0, 0.05) is 25.5 Å². The van der Waals surface area contributed by atoms with Crippen LogP contribution in [-0.2, 0) is 0 Å². The lowest BCUT2D eigenvalue weighted by Crippen LogP contribution is -2.35. The van der Waals surface area contributed by atoms with E-state index in [1.54, 1.807) is 0 Å². The Labute approximate surface area is 79.3 Å². The van der Waals surface area contributed by atoms with E-state index >= 15 is 0 Å². The predicted molar refractivity (Wildman–Crippen MR) is 52.4 cm³/mol. The molecule has 1 aliphatic heterocycles. The summed E-state index contributed by atoms with van der Waals surface area (Å²) < 4.78 is 2.03. The Kier molecular flexibility index (Phi) is 2.64. The first kappa shape index (κ1) is 8.75. The van der Waals surface area contributed by atoms with E-state index in [0.29, 0.717) is 6.17 Å². The Morgan fingerprint density at radius 2 is 2.00 bits per heavy atom. The molecule has 3 nitrogen and oxygen atoms in total. The van der Waals surface area contributed by atoms with E-state index in [2.05, 4.69) is 16.9 Å². The second-order valence-electron chi connectivity index (χ2n) is 3.71. The van der Waals surface area contributed by atoms with Gasteiger partial charge in [-0.3, -0.25) is 9.58 Å². The molecule has 0 N–H and O–H groups in total. The molecule has 1 aliphatic rings. The van der Waals surface area contributed by atoms with Crippen LogP contribution >= 0.6 is 0 Å². The molecular formula is C10H17N3. The van der Waals surface area contributed by atoms with Crippen LogP contribution in [0.3, 0.4) is 0 Å². The number of nitrogens with zero attached hydrogens (tertiary/aromatic N) is 3. The molecule has 0 radical (unpaired) electrons. The highest BCUT2D eigenvalue weighted by molar-refractivity contribution is 4.81. The molecule has 1 saturated heterocycles. The molecule has 72 valence electrons. The van der Waals surface area contributed by atoms with Gasteiger partial charge >= 0.3 is 0 Å². The van der Waals surface area contributed by atoms with Gasteiger partial charge in [-0.05, 0) is 25.8 Å². The smallest absolute Gasteiger partial charge is 0.101 e. The van der Waals surface area contributed by atoms with Gasteiger partial charge in [-0.1, -0.05) is 6.42 Å². The predicted octanol–water partition coefficient (Wildman–Crippen LogP) is 1.89. The van der Waals surface area contributed by atoms with Gasteiger partial charge in [0.2, 0.25) is 0 Å². The third-order valence-electron chi connectivity index (χ3n) is 2.83. The van der Waals surface area contributed by atoms with Crippen molar-refractivity contribution in [1.82, 2.24) is 14.7 Å². The molecule has 0 saturated carbocycles. The monoisotopic (exact) mass is 179 g/mol. The third-order valence-corrected chi connectivity index (χ3v) is 2.83. The topological polar surface area (TPSA) is 21.1 Å². The lowest BCUT2D eigenvalue weighted by molar-refractivity contribution is 0.117. The fourth-order valence-electron chi connectivity index (χ4n) is 1.96. The van der Waals surface area contributed by atoms with Crippen molar-refractivity contribution in [2.24, 2.45) is 0 Å². The molecule has 3 heteroatoms. The van der Waals surface area contributed by atoms with E-state index in [1.165, 1.54) is 32.4 Å². The molecule has 0 spiro atoms. The van der Waals surface area contributed by atoms with Crippen LogP contribution in [0.15, 0.2) is 18.5 Å². The zero-order chi connectivity index (χ0) is 9.10. The fraction of sp³-hybridized carbons (Fsp3) is 0.700. The molecule has 0 aliphatic carbocycles. The zero-order valence-electron chi connectivity index (χ0n) is 8.19. The quantitative estimate of drug-likeness (QED) is 0.691. The van der Waals surface area contributed by atoms with Crippen molar-refractivity contribution in [3.05, 3.63) is 18.5 Å². The lowest BCUT2D eigenvalue weighted by atomic mass is 10.1. The first-order chi connectivity index (χ1) is 6.38. The maximum absolute atomic E-state index is 4.27. The van der Waals surface area contributed by atoms with Crippen LogP contribution in [-0.4, -0.2) is 27.8 Å². The molecule has 2 rings (SSSR count). The van der Waals surface area contributed by atoms with Gasteiger partial charge in [0.25, 0.3) is 0 Å². The van der Waals surface area contributed by atoms with Crippen LogP contribution in [0.25, 0.3) is 0 Å². The summed E-state index contributed by atoms with van der Waals surface area (Å²) in [7, 11) is 0. The molecule has 2 heterocycles. The highest BCUT2D eigenvalue weighted by Gasteiger charge is 2.17. The Hall–Kier alpha value is -0.830. The summed E-state index contributed by atoms with van der Waals surface area (Å²) in [5.74, 6) is 0. The van der Waals surface area contributed by atoms with E-state index in [4.69, 9.17) is 0 Å². The molecule has 1 fully saturated rings. The summed E-state index contributed by atoms with van der Waals surface area (Å²) in [6, 6.07) is 1.99. The second kappa shape index (κ2) is 3.92. The van der Waals surface area contributed by atoms with Gasteiger partial charge in [-0.15, -0.1) is 0 Å². The van der Waals surface area contributed by atoms with Crippen LogP contribution in [0.4, 0.5) is 0 Å². The van der Waals surface area contributed by atoms with Crippen LogP contribution in [0.1, 0.15) is 32.4 Å². The third kappa shape index (κ3) is 1.91. The van der Waals surface area contributed by atoms with E-state index in [0.717, 1.165) is 0 Å². The number of rotatable bonds is 2. The number of hydrogen-bond donors (Lipinski definition) is 0. The van der Waals surface area contributed by atoms with E-state index in [-0.39, 0.29) is 0 Å². The maximum Gasteiger partial charge on any atom is 0.101 e. The SMILES string of the molecule is CC(N1CCCCC1)n1cccn1. The first-order valence-corrected chi connectivity index (χ1v) is 5.11. The highest BCUT2D eigenvalue weighted by Crippen LogP contribution is 2.17. The van der Waals surface area contributed by atoms with Crippen molar-refractivity contribution in [2.45, 2.75) is 32.4 Å². The number of hydrogen-bond acceptors (Lipinski definition) is 2. The molecule has 0 amide bonds. The second-order valence-corrected chi connectivity index (χ2v) is 3.71. The molecule has 1 aromatic heterocycles. The van der Waals surface area contributed by atoms with Crippen molar-refractivity contribution in [2.75, 3.05) is 13.1 Å². The Balaban J connectivity index is 1.99. The number of piperidine rings is 1. The van der Waals surface area contributed by atoms with Crippen molar-refractivity contribution >= 4 is 0 Å². The van der Waals surface area contributed by atoms with E-state index in [1.807, 2.05) is 23.1 Å². The van der Waals surface area contributed by atoms with Gasteiger partial charge in [-0.2, -0.15) is 5.10 Å². The van der Waals surface area contributed by atoms with Gasteiger partial charge in [0.05, 0.1) is 0 Å². The van der Waals surface area contributed by atoms with Gasteiger partial charge in [0.1, 0.15) is 6.17 Å². The minimum Gasteiger partial charge on any atom is -0.282 e. The Morgan fingerprint density at radius 3 is 2.62 bits per heavy atom. The van der Waals surface area contributed by atoms with Crippen molar-refractivity contribution in [3.8, 4) is 0 Å².